The molecule has 0 unspecified atom stereocenters. The number of hydrogen-bond donors (Lipinski definition) is 0. The zero-order chi connectivity index (χ0) is 18.5. The molecule has 3 aromatic rings. The average Bonchev–Trinajstić information content (AvgIpc) is 2.99. The zero-order valence-electron chi connectivity index (χ0n) is 14.9. The number of nitrogens with zero attached hydrogens (tertiary/aromatic N) is 4. The lowest BCUT2D eigenvalue weighted by molar-refractivity contribution is 0.597. The van der Waals surface area contributed by atoms with Crippen molar-refractivity contribution in [3.05, 3.63) is 75.9 Å². The maximum Gasteiger partial charge on any atom is 0.350 e. The fraction of sp³-hybridized carbons (Fsp3) is 0.250. The maximum atomic E-state index is 13.0. The van der Waals surface area contributed by atoms with Crippen LogP contribution in [0.2, 0.25) is 5.02 Å². The van der Waals surface area contributed by atoms with Crippen molar-refractivity contribution in [3.63, 3.8) is 0 Å². The molecule has 0 aliphatic carbocycles. The Labute approximate surface area is 157 Å². The summed E-state index contributed by atoms with van der Waals surface area (Å²) in [5, 5.41) is 5.02. The topological polar surface area (TPSA) is 52.7 Å². The van der Waals surface area contributed by atoms with Crippen LogP contribution < -0.4 is 5.69 Å². The van der Waals surface area contributed by atoms with Crippen molar-refractivity contribution in [3.8, 4) is 17.1 Å². The van der Waals surface area contributed by atoms with Crippen LogP contribution in [0.1, 0.15) is 25.8 Å². The van der Waals surface area contributed by atoms with Gasteiger partial charge in [-0.25, -0.2) is 14.0 Å². The van der Waals surface area contributed by atoms with E-state index in [2.05, 4.69) is 17.0 Å². The quantitative estimate of drug-likeness (QED) is 0.610. The van der Waals surface area contributed by atoms with Crippen molar-refractivity contribution in [1.29, 1.82) is 0 Å². The Morgan fingerprint density at radius 3 is 2.62 bits per heavy atom. The third kappa shape index (κ3) is 3.63. The van der Waals surface area contributed by atoms with Crippen LogP contribution in [0, 0.1) is 0 Å². The minimum Gasteiger partial charge on any atom is -0.263 e. The molecule has 3 rings (SSSR count). The van der Waals surface area contributed by atoms with Crippen LogP contribution in [0.4, 0.5) is 0 Å². The Kier molecular flexibility index (Phi) is 5.68. The van der Waals surface area contributed by atoms with Crippen molar-refractivity contribution in [2.24, 2.45) is 0 Å². The fourth-order valence-electron chi connectivity index (χ4n) is 2.76. The number of hydrogen-bond acceptors (Lipinski definition) is 3. The van der Waals surface area contributed by atoms with E-state index in [0.717, 1.165) is 18.5 Å². The number of rotatable bonds is 6. The molecule has 0 radical (unpaired) electrons. The van der Waals surface area contributed by atoms with Gasteiger partial charge in [-0.3, -0.25) is 4.98 Å². The third-order valence-electron chi connectivity index (χ3n) is 4.20. The lowest BCUT2D eigenvalue weighted by Gasteiger charge is -2.07. The molecule has 6 heteroatoms. The largest absolute Gasteiger partial charge is 0.350 e. The lowest BCUT2D eigenvalue weighted by Crippen LogP contribution is -2.24. The summed E-state index contributed by atoms with van der Waals surface area (Å²) in [4.78, 5) is 17.0. The van der Waals surface area contributed by atoms with E-state index < -0.39 is 0 Å². The van der Waals surface area contributed by atoms with Gasteiger partial charge in [0.1, 0.15) is 0 Å². The van der Waals surface area contributed by atoms with Crippen LogP contribution in [-0.4, -0.2) is 19.3 Å². The summed E-state index contributed by atoms with van der Waals surface area (Å²) >= 11 is 6.32. The molecule has 0 fully saturated rings. The van der Waals surface area contributed by atoms with Crippen LogP contribution >= 0.6 is 11.6 Å². The van der Waals surface area contributed by atoms with Gasteiger partial charge < -0.3 is 0 Å². The summed E-state index contributed by atoms with van der Waals surface area (Å²) < 4.78 is 3.09. The first kappa shape index (κ1) is 18.1. The molecule has 5 nitrogen and oxygen atoms in total. The van der Waals surface area contributed by atoms with Gasteiger partial charge in [0.15, 0.2) is 5.82 Å². The second kappa shape index (κ2) is 8.15. The Bertz CT molecular complexity index is 970. The zero-order valence-corrected chi connectivity index (χ0v) is 15.6. The highest BCUT2D eigenvalue weighted by Crippen LogP contribution is 2.26. The number of aromatic nitrogens is 4. The summed E-state index contributed by atoms with van der Waals surface area (Å²) in [7, 11) is 0. The highest BCUT2D eigenvalue weighted by molar-refractivity contribution is 6.33. The Balaban J connectivity index is 2.16. The Morgan fingerprint density at radius 1 is 1.19 bits per heavy atom. The number of aryl methyl sites for hydroxylation is 2. The highest BCUT2D eigenvalue weighted by Gasteiger charge is 2.18. The molecular formula is C20H21ClN4O. The summed E-state index contributed by atoms with van der Waals surface area (Å²) in [5.74, 6) is 0.520. The minimum atomic E-state index is -0.179. The Morgan fingerprint density at radius 2 is 1.96 bits per heavy atom. The molecule has 1 aromatic carbocycles. The van der Waals surface area contributed by atoms with Crippen molar-refractivity contribution in [1.82, 2.24) is 19.3 Å². The molecule has 0 spiro atoms. The molecule has 0 aliphatic heterocycles. The van der Waals surface area contributed by atoms with Gasteiger partial charge in [0.05, 0.1) is 10.7 Å². The smallest absolute Gasteiger partial charge is 0.263 e. The first-order valence-corrected chi connectivity index (χ1v) is 9.03. The van der Waals surface area contributed by atoms with Gasteiger partial charge in [0.25, 0.3) is 0 Å². The molecule has 0 saturated carbocycles. The van der Waals surface area contributed by atoms with E-state index in [9.17, 15) is 4.79 Å². The monoisotopic (exact) mass is 368 g/mol. The predicted molar refractivity (Wildman–Crippen MR) is 105 cm³/mol. The number of halogens is 1. The number of benzene rings is 1. The standard InChI is InChI=1S/C20H21ClN4O/c1-3-5-6-13-24-20(26)25(16-9-7-15(4-2)8-10-16)19(23-24)17-11-12-22-14-18(17)21/h3,5,7-12,14H,4,6,13H2,1-2H3/b5-3+. The molecule has 2 heterocycles. The van der Waals surface area contributed by atoms with E-state index in [-0.39, 0.29) is 5.69 Å². The van der Waals surface area contributed by atoms with Crippen LogP contribution in [0.15, 0.2) is 59.7 Å². The molecular weight excluding hydrogens is 348 g/mol. The molecule has 2 aromatic heterocycles. The van der Waals surface area contributed by atoms with Gasteiger partial charge >= 0.3 is 5.69 Å². The van der Waals surface area contributed by atoms with E-state index in [0.29, 0.717) is 23.0 Å². The van der Waals surface area contributed by atoms with E-state index in [1.54, 1.807) is 23.0 Å². The summed E-state index contributed by atoms with van der Waals surface area (Å²) in [6.07, 6.45) is 8.87. The van der Waals surface area contributed by atoms with Crippen LogP contribution in [0.25, 0.3) is 17.1 Å². The van der Waals surface area contributed by atoms with Gasteiger partial charge in [0.2, 0.25) is 0 Å². The normalized spacial score (nSPS) is 11.3. The number of allylic oxidation sites excluding steroid dienone is 2. The van der Waals surface area contributed by atoms with Crippen molar-refractivity contribution >= 4 is 11.6 Å². The van der Waals surface area contributed by atoms with Crippen molar-refractivity contribution in [2.45, 2.75) is 33.2 Å². The van der Waals surface area contributed by atoms with Crippen LogP contribution in [0.3, 0.4) is 0 Å². The second-order valence-corrected chi connectivity index (χ2v) is 6.31. The molecule has 0 atom stereocenters. The van der Waals surface area contributed by atoms with Gasteiger partial charge in [0, 0.05) is 24.5 Å². The molecule has 0 amide bonds. The van der Waals surface area contributed by atoms with Gasteiger partial charge in [-0.15, -0.1) is 5.10 Å². The van der Waals surface area contributed by atoms with E-state index >= 15 is 0 Å². The summed E-state index contributed by atoms with van der Waals surface area (Å²) in [6.45, 7) is 4.57. The first-order chi connectivity index (χ1) is 12.7. The van der Waals surface area contributed by atoms with Crippen molar-refractivity contribution < 1.29 is 0 Å². The van der Waals surface area contributed by atoms with Gasteiger partial charge in [-0.1, -0.05) is 42.8 Å². The highest BCUT2D eigenvalue weighted by atomic mass is 35.5. The van der Waals surface area contributed by atoms with Gasteiger partial charge in [-0.2, -0.15) is 0 Å². The molecule has 0 bridgehead atoms. The maximum absolute atomic E-state index is 13.0. The molecule has 0 saturated heterocycles. The fourth-order valence-corrected chi connectivity index (χ4v) is 2.97. The van der Waals surface area contributed by atoms with E-state index in [1.165, 1.54) is 10.2 Å². The van der Waals surface area contributed by atoms with E-state index in [1.807, 2.05) is 43.3 Å². The lowest BCUT2D eigenvalue weighted by atomic mass is 10.1. The molecule has 134 valence electrons. The van der Waals surface area contributed by atoms with Crippen molar-refractivity contribution in [2.75, 3.05) is 0 Å². The minimum absolute atomic E-state index is 0.179. The molecule has 0 N–H and O–H groups in total. The van der Waals surface area contributed by atoms with Crippen LogP contribution in [0.5, 0.6) is 0 Å². The molecule has 0 aliphatic rings. The van der Waals surface area contributed by atoms with Gasteiger partial charge in [-0.05, 0) is 43.5 Å². The third-order valence-corrected chi connectivity index (χ3v) is 4.50. The molecule has 26 heavy (non-hydrogen) atoms. The summed E-state index contributed by atoms with van der Waals surface area (Å²) in [6, 6.07) is 9.71. The average molecular weight is 369 g/mol. The Hall–Kier alpha value is -2.66. The summed E-state index contributed by atoms with van der Waals surface area (Å²) in [5.41, 5.74) is 2.49. The van der Waals surface area contributed by atoms with Crippen LogP contribution in [-0.2, 0) is 13.0 Å². The van der Waals surface area contributed by atoms with E-state index in [4.69, 9.17) is 11.6 Å². The number of pyridine rings is 1. The second-order valence-electron chi connectivity index (χ2n) is 5.90. The predicted octanol–water partition coefficient (Wildman–Crippen LogP) is 4.28. The SMILES string of the molecule is C/C=C/CCn1nc(-c2ccncc2Cl)n(-c2ccc(CC)cc2)c1=O. The first-order valence-electron chi connectivity index (χ1n) is 8.66.